The zero-order valence-corrected chi connectivity index (χ0v) is 8.08. The molecule has 0 fully saturated rings. The molecule has 0 radical (unpaired) electrons. The number of hydrogen-bond acceptors (Lipinski definition) is 2. The van der Waals surface area contributed by atoms with Crippen LogP contribution in [0, 0.1) is 6.92 Å². The van der Waals surface area contributed by atoms with Crippen molar-refractivity contribution >= 4 is 0 Å². The summed E-state index contributed by atoms with van der Waals surface area (Å²) in [5.41, 5.74) is 8.00. The normalized spacial score (nSPS) is 12.2. The van der Waals surface area contributed by atoms with Crippen LogP contribution in [0.25, 0.3) is 0 Å². The lowest BCUT2D eigenvalue weighted by Gasteiger charge is -2.12. The highest BCUT2D eigenvalue weighted by Crippen LogP contribution is 2.25. The lowest BCUT2D eigenvalue weighted by molar-refractivity contribution is 0.408. The van der Waals surface area contributed by atoms with Crippen molar-refractivity contribution in [2.45, 2.75) is 13.0 Å². The minimum Gasteiger partial charge on any atom is -0.496 e. The van der Waals surface area contributed by atoms with E-state index in [1.54, 1.807) is 13.2 Å². The van der Waals surface area contributed by atoms with Crippen molar-refractivity contribution in [2.75, 3.05) is 7.11 Å². The monoisotopic (exact) mass is 177 g/mol. The van der Waals surface area contributed by atoms with Gasteiger partial charge in [-0.2, -0.15) is 0 Å². The van der Waals surface area contributed by atoms with Crippen LogP contribution in [0.3, 0.4) is 0 Å². The Labute approximate surface area is 79.0 Å². The maximum absolute atomic E-state index is 5.84. The van der Waals surface area contributed by atoms with Crippen LogP contribution in [-0.4, -0.2) is 7.11 Å². The summed E-state index contributed by atoms with van der Waals surface area (Å²) in [7, 11) is 1.64. The summed E-state index contributed by atoms with van der Waals surface area (Å²) in [6.07, 6.45) is 1.71. The van der Waals surface area contributed by atoms with E-state index in [9.17, 15) is 0 Å². The molecule has 1 atom stereocenters. The van der Waals surface area contributed by atoms with E-state index >= 15 is 0 Å². The molecule has 0 heterocycles. The summed E-state index contributed by atoms with van der Waals surface area (Å²) in [5, 5.41) is 0. The van der Waals surface area contributed by atoms with Crippen LogP contribution in [0.1, 0.15) is 17.2 Å². The highest BCUT2D eigenvalue weighted by atomic mass is 16.5. The minimum atomic E-state index is -0.158. The number of methoxy groups -OCH3 is 1. The van der Waals surface area contributed by atoms with Crippen LogP contribution < -0.4 is 10.5 Å². The molecule has 0 aliphatic heterocycles. The lowest BCUT2D eigenvalue weighted by atomic mass is 10.0. The van der Waals surface area contributed by atoms with Crippen LogP contribution in [0.15, 0.2) is 30.9 Å². The third kappa shape index (κ3) is 2.10. The van der Waals surface area contributed by atoms with Gasteiger partial charge in [-0.3, -0.25) is 0 Å². The molecule has 1 unspecified atom stereocenters. The summed E-state index contributed by atoms with van der Waals surface area (Å²) in [6.45, 7) is 5.69. The number of hydrogen-bond donors (Lipinski definition) is 1. The topological polar surface area (TPSA) is 35.2 Å². The molecule has 2 heteroatoms. The molecule has 0 saturated carbocycles. The predicted molar refractivity (Wildman–Crippen MR) is 54.9 cm³/mol. The van der Waals surface area contributed by atoms with E-state index in [4.69, 9.17) is 10.5 Å². The van der Waals surface area contributed by atoms with E-state index in [1.807, 2.05) is 25.1 Å². The van der Waals surface area contributed by atoms with Crippen molar-refractivity contribution in [2.24, 2.45) is 5.73 Å². The first kappa shape index (κ1) is 9.81. The van der Waals surface area contributed by atoms with Gasteiger partial charge in [-0.15, -0.1) is 6.58 Å². The molecule has 0 saturated heterocycles. The molecule has 1 aromatic rings. The summed E-state index contributed by atoms with van der Waals surface area (Å²) in [6, 6.07) is 5.78. The molecule has 70 valence electrons. The van der Waals surface area contributed by atoms with Crippen molar-refractivity contribution in [3.05, 3.63) is 42.0 Å². The molecule has 0 bridgehead atoms. The third-order valence-corrected chi connectivity index (χ3v) is 2.00. The first-order valence-corrected chi connectivity index (χ1v) is 4.21. The van der Waals surface area contributed by atoms with E-state index in [0.717, 1.165) is 11.3 Å². The zero-order valence-electron chi connectivity index (χ0n) is 8.08. The van der Waals surface area contributed by atoms with Gasteiger partial charge in [-0.05, 0) is 13.0 Å². The van der Waals surface area contributed by atoms with Crippen LogP contribution in [0.5, 0.6) is 5.75 Å². The first-order valence-electron chi connectivity index (χ1n) is 4.21. The van der Waals surface area contributed by atoms with E-state index < -0.39 is 0 Å². The van der Waals surface area contributed by atoms with Gasteiger partial charge in [0.1, 0.15) is 5.75 Å². The molecular weight excluding hydrogens is 162 g/mol. The van der Waals surface area contributed by atoms with Crippen molar-refractivity contribution < 1.29 is 4.74 Å². The highest BCUT2D eigenvalue weighted by molar-refractivity contribution is 5.40. The Kier molecular flexibility index (Phi) is 3.09. The Morgan fingerprint density at radius 2 is 2.23 bits per heavy atom. The number of nitrogens with two attached hydrogens (primary N) is 1. The maximum Gasteiger partial charge on any atom is 0.123 e. The van der Waals surface area contributed by atoms with E-state index in [2.05, 4.69) is 6.58 Å². The molecule has 1 aromatic carbocycles. The van der Waals surface area contributed by atoms with Crippen LogP contribution >= 0.6 is 0 Å². The Morgan fingerprint density at radius 1 is 1.54 bits per heavy atom. The third-order valence-electron chi connectivity index (χ3n) is 2.00. The first-order chi connectivity index (χ1) is 6.19. The molecule has 0 aliphatic carbocycles. The van der Waals surface area contributed by atoms with Crippen LogP contribution in [0.4, 0.5) is 0 Å². The minimum absolute atomic E-state index is 0.158. The van der Waals surface area contributed by atoms with Gasteiger partial charge in [0, 0.05) is 5.56 Å². The smallest absolute Gasteiger partial charge is 0.123 e. The molecule has 2 N–H and O–H groups in total. The Hall–Kier alpha value is -1.28. The van der Waals surface area contributed by atoms with Gasteiger partial charge in [0.05, 0.1) is 13.2 Å². The SMILES string of the molecule is C=CC(N)c1cc(C)ccc1OC. The van der Waals surface area contributed by atoms with E-state index in [1.165, 1.54) is 5.56 Å². The highest BCUT2D eigenvalue weighted by Gasteiger charge is 2.07. The standard InChI is InChI=1S/C11H15NO/c1-4-10(12)9-7-8(2)5-6-11(9)13-3/h4-7,10H,1,12H2,2-3H3. The molecule has 0 spiro atoms. The molecule has 0 aliphatic rings. The quantitative estimate of drug-likeness (QED) is 0.718. The predicted octanol–water partition coefficient (Wildman–Crippen LogP) is 2.19. The lowest BCUT2D eigenvalue weighted by Crippen LogP contribution is -2.08. The van der Waals surface area contributed by atoms with Gasteiger partial charge in [0.25, 0.3) is 0 Å². The van der Waals surface area contributed by atoms with E-state index in [-0.39, 0.29) is 6.04 Å². The fourth-order valence-electron chi connectivity index (χ4n) is 1.24. The van der Waals surface area contributed by atoms with Gasteiger partial charge in [0.2, 0.25) is 0 Å². The van der Waals surface area contributed by atoms with Crippen molar-refractivity contribution in [3.63, 3.8) is 0 Å². The summed E-state index contributed by atoms with van der Waals surface area (Å²) < 4.78 is 5.20. The number of rotatable bonds is 3. The molecule has 0 amide bonds. The molecule has 1 rings (SSSR count). The summed E-state index contributed by atoms with van der Waals surface area (Å²) in [4.78, 5) is 0. The molecular formula is C11H15NO. The van der Waals surface area contributed by atoms with Gasteiger partial charge >= 0.3 is 0 Å². The molecule has 13 heavy (non-hydrogen) atoms. The van der Waals surface area contributed by atoms with Gasteiger partial charge in [0.15, 0.2) is 0 Å². The molecule has 2 nitrogen and oxygen atoms in total. The van der Waals surface area contributed by atoms with E-state index in [0.29, 0.717) is 0 Å². The van der Waals surface area contributed by atoms with Crippen molar-refractivity contribution in [1.82, 2.24) is 0 Å². The summed E-state index contributed by atoms with van der Waals surface area (Å²) in [5.74, 6) is 0.818. The fourth-order valence-corrected chi connectivity index (χ4v) is 1.24. The number of aryl methyl sites for hydroxylation is 1. The van der Waals surface area contributed by atoms with Crippen molar-refractivity contribution in [3.8, 4) is 5.75 Å². The average molecular weight is 177 g/mol. The Balaban J connectivity index is 3.14. The van der Waals surface area contributed by atoms with Gasteiger partial charge in [-0.25, -0.2) is 0 Å². The van der Waals surface area contributed by atoms with Crippen LogP contribution in [-0.2, 0) is 0 Å². The van der Waals surface area contributed by atoms with Crippen LogP contribution in [0.2, 0.25) is 0 Å². The fraction of sp³-hybridized carbons (Fsp3) is 0.273. The maximum atomic E-state index is 5.84. The Morgan fingerprint density at radius 3 is 2.77 bits per heavy atom. The van der Waals surface area contributed by atoms with Crippen molar-refractivity contribution in [1.29, 1.82) is 0 Å². The Bertz CT molecular complexity index is 307. The zero-order chi connectivity index (χ0) is 9.84. The second-order valence-electron chi connectivity index (χ2n) is 3.01. The second-order valence-corrected chi connectivity index (χ2v) is 3.01. The average Bonchev–Trinajstić information content (AvgIpc) is 2.16. The largest absolute Gasteiger partial charge is 0.496 e. The summed E-state index contributed by atoms with van der Waals surface area (Å²) >= 11 is 0. The van der Waals surface area contributed by atoms with Gasteiger partial charge < -0.3 is 10.5 Å². The number of benzene rings is 1. The molecule has 0 aromatic heterocycles. The number of ether oxygens (including phenoxy) is 1. The van der Waals surface area contributed by atoms with Gasteiger partial charge in [-0.1, -0.05) is 23.8 Å². The second kappa shape index (κ2) is 4.10.